The van der Waals surface area contributed by atoms with Crippen molar-refractivity contribution in [3.63, 3.8) is 0 Å². The number of sulfone groups is 1. The molecular formula is C17H20N6O4S. The van der Waals surface area contributed by atoms with Gasteiger partial charge < -0.3 is 10.6 Å². The van der Waals surface area contributed by atoms with E-state index in [2.05, 4.69) is 15.4 Å². The van der Waals surface area contributed by atoms with Crippen molar-refractivity contribution in [3.05, 3.63) is 29.8 Å². The summed E-state index contributed by atoms with van der Waals surface area (Å²) in [5.74, 6) is -0.246. The Kier molecular flexibility index (Phi) is 4.61. The second-order valence-electron chi connectivity index (χ2n) is 7.17. The number of hydrogen-bond donors (Lipinski definition) is 1. The molecule has 2 aromatic rings. The Hall–Kier alpha value is -2.82. The largest absolute Gasteiger partial charge is 0.366 e. The number of nitrogens with zero attached hydrogens (tertiary/aromatic N) is 5. The van der Waals surface area contributed by atoms with E-state index >= 15 is 0 Å². The van der Waals surface area contributed by atoms with Crippen molar-refractivity contribution in [2.45, 2.75) is 37.9 Å². The molecule has 0 radical (unpaired) electrons. The van der Waals surface area contributed by atoms with Crippen LogP contribution in [0.25, 0.3) is 11.4 Å². The van der Waals surface area contributed by atoms with Gasteiger partial charge in [-0.3, -0.25) is 9.59 Å². The molecule has 10 nitrogen and oxygen atoms in total. The second kappa shape index (κ2) is 6.97. The molecular weight excluding hydrogens is 384 g/mol. The monoisotopic (exact) mass is 404 g/mol. The highest BCUT2D eigenvalue weighted by Gasteiger charge is 2.42. The Labute approximate surface area is 161 Å². The van der Waals surface area contributed by atoms with Crippen LogP contribution in [0, 0.1) is 0 Å². The quantitative estimate of drug-likeness (QED) is 0.691. The highest BCUT2D eigenvalue weighted by atomic mass is 32.2. The first-order valence-corrected chi connectivity index (χ1v) is 10.8. The summed E-state index contributed by atoms with van der Waals surface area (Å²) in [6.07, 6.45) is 2.27. The minimum atomic E-state index is -3.07. The Morgan fingerprint density at radius 1 is 1.14 bits per heavy atom. The van der Waals surface area contributed by atoms with Crippen molar-refractivity contribution in [2.24, 2.45) is 5.73 Å². The third-order valence-electron chi connectivity index (χ3n) is 4.99. The van der Waals surface area contributed by atoms with Gasteiger partial charge in [-0.25, -0.2) is 8.42 Å². The number of amides is 2. The maximum atomic E-state index is 12.8. The van der Waals surface area contributed by atoms with E-state index in [-0.39, 0.29) is 36.0 Å². The fourth-order valence-electron chi connectivity index (χ4n) is 3.46. The van der Waals surface area contributed by atoms with Crippen LogP contribution in [0.1, 0.15) is 29.6 Å². The number of aromatic nitrogens is 4. The lowest BCUT2D eigenvalue weighted by Crippen LogP contribution is -2.44. The van der Waals surface area contributed by atoms with E-state index in [1.54, 1.807) is 29.2 Å². The molecule has 1 aromatic carbocycles. The molecule has 11 heteroatoms. The summed E-state index contributed by atoms with van der Waals surface area (Å²) in [5.41, 5.74) is 6.24. The van der Waals surface area contributed by atoms with Gasteiger partial charge in [-0.1, -0.05) is 12.1 Å². The zero-order valence-electron chi connectivity index (χ0n) is 15.1. The van der Waals surface area contributed by atoms with E-state index in [0.717, 1.165) is 12.8 Å². The maximum Gasteiger partial charge on any atom is 0.248 e. The third kappa shape index (κ3) is 3.88. The van der Waals surface area contributed by atoms with Crippen LogP contribution in [0.3, 0.4) is 0 Å². The van der Waals surface area contributed by atoms with Crippen LogP contribution >= 0.6 is 0 Å². The smallest absolute Gasteiger partial charge is 0.248 e. The van der Waals surface area contributed by atoms with Gasteiger partial charge in [-0.15, -0.1) is 10.2 Å². The third-order valence-corrected chi connectivity index (χ3v) is 6.74. The molecule has 2 heterocycles. The van der Waals surface area contributed by atoms with Gasteiger partial charge in [0, 0.05) is 23.2 Å². The first-order valence-electron chi connectivity index (χ1n) is 9.02. The van der Waals surface area contributed by atoms with E-state index in [9.17, 15) is 18.0 Å². The normalized spacial score (nSPS) is 20.8. The number of carbonyl (C=O) groups is 2. The number of primary amides is 1. The summed E-state index contributed by atoms with van der Waals surface area (Å²) in [7, 11) is -3.07. The minimum Gasteiger partial charge on any atom is -0.366 e. The number of tetrazole rings is 1. The standard InChI is InChI=1S/C17H20N6O4S/c18-16(25)11-1-3-12(4-2-11)17-19-21-22(20-17)9-15(24)23(13-5-6-13)14-7-8-28(26,27)10-14/h1-4,13-14H,5-10H2,(H2,18,25). The maximum absolute atomic E-state index is 12.8. The molecule has 1 aromatic heterocycles. The van der Waals surface area contributed by atoms with E-state index in [1.807, 2.05) is 0 Å². The lowest BCUT2D eigenvalue weighted by atomic mass is 10.1. The van der Waals surface area contributed by atoms with Gasteiger partial charge in [0.25, 0.3) is 0 Å². The van der Waals surface area contributed by atoms with Gasteiger partial charge in [0.15, 0.2) is 9.84 Å². The van der Waals surface area contributed by atoms with E-state index in [0.29, 0.717) is 23.4 Å². The first kappa shape index (κ1) is 18.5. The Bertz CT molecular complexity index is 1010. The van der Waals surface area contributed by atoms with Crippen molar-refractivity contribution in [3.8, 4) is 11.4 Å². The van der Waals surface area contributed by atoms with Crippen LogP contribution in [0.15, 0.2) is 24.3 Å². The lowest BCUT2D eigenvalue weighted by Gasteiger charge is -2.28. The number of benzene rings is 1. The topological polar surface area (TPSA) is 141 Å². The molecule has 1 unspecified atom stereocenters. The van der Waals surface area contributed by atoms with Crippen molar-refractivity contribution >= 4 is 21.7 Å². The SMILES string of the molecule is NC(=O)c1ccc(-c2nnn(CC(=O)N(C3CC3)C3CCS(=O)(=O)C3)n2)cc1. The minimum absolute atomic E-state index is 0.0253. The molecule has 4 rings (SSSR count). The summed E-state index contributed by atoms with van der Waals surface area (Å²) in [4.78, 5) is 26.9. The molecule has 2 N–H and O–H groups in total. The number of carbonyl (C=O) groups excluding carboxylic acids is 2. The van der Waals surface area contributed by atoms with Crippen LogP contribution < -0.4 is 5.73 Å². The number of nitrogens with two attached hydrogens (primary N) is 1. The van der Waals surface area contributed by atoms with Crippen molar-refractivity contribution in [1.82, 2.24) is 25.1 Å². The van der Waals surface area contributed by atoms with Gasteiger partial charge in [-0.05, 0) is 36.6 Å². The average molecular weight is 404 g/mol. The molecule has 2 fully saturated rings. The van der Waals surface area contributed by atoms with Crippen LogP contribution in [-0.4, -0.2) is 68.9 Å². The molecule has 1 saturated carbocycles. The summed E-state index contributed by atoms with van der Waals surface area (Å²) in [6, 6.07) is 6.29. The first-order chi connectivity index (χ1) is 13.3. The van der Waals surface area contributed by atoms with Crippen LogP contribution in [0.4, 0.5) is 0 Å². The second-order valence-corrected chi connectivity index (χ2v) is 9.40. The molecule has 148 valence electrons. The van der Waals surface area contributed by atoms with Gasteiger partial charge in [0.05, 0.1) is 11.5 Å². The summed E-state index contributed by atoms with van der Waals surface area (Å²) >= 11 is 0. The summed E-state index contributed by atoms with van der Waals surface area (Å²) in [6.45, 7) is -0.0978. The number of rotatable bonds is 6. The lowest BCUT2D eigenvalue weighted by molar-refractivity contribution is -0.134. The summed E-state index contributed by atoms with van der Waals surface area (Å²) in [5, 5.41) is 12.1. The fraction of sp³-hybridized carbons (Fsp3) is 0.471. The number of hydrogen-bond acceptors (Lipinski definition) is 7. The average Bonchev–Trinajstić information content (AvgIpc) is 3.25. The van der Waals surface area contributed by atoms with Crippen LogP contribution in [0.2, 0.25) is 0 Å². The molecule has 1 aliphatic carbocycles. The van der Waals surface area contributed by atoms with Crippen molar-refractivity contribution in [1.29, 1.82) is 0 Å². The molecule has 2 aliphatic rings. The van der Waals surface area contributed by atoms with E-state index in [4.69, 9.17) is 5.73 Å². The van der Waals surface area contributed by atoms with Gasteiger partial charge in [0.2, 0.25) is 17.6 Å². The van der Waals surface area contributed by atoms with Gasteiger partial charge in [0.1, 0.15) is 6.54 Å². The van der Waals surface area contributed by atoms with Crippen LogP contribution in [0.5, 0.6) is 0 Å². The molecule has 2 amide bonds. The zero-order chi connectivity index (χ0) is 19.9. The van der Waals surface area contributed by atoms with Gasteiger partial charge in [-0.2, -0.15) is 4.80 Å². The van der Waals surface area contributed by atoms with Gasteiger partial charge >= 0.3 is 0 Å². The molecule has 1 aliphatic heterocycles. The molecule has 1 saturated heterocycles. The Balaban J connectivity index is 1.46. The molecule has 0 spiro atoms. The molecule has 0 bridgehead atoms. The predicted molar refractivity (Wildman–Crippen MR) is 98.7 cm³/mol. The highest BCUT2D eigenvalue weighted by Crippen LogP contribution is 2.32. The summed E-state index contributed by atoms with van der Waals surface area (Å²) < 4.78 is 23.6. The van der Waals surface area contributed by atoms with Crippen LogP contribution in [-0.2, 0) is 21.2 Å². The fourth-order valence-corrected chi connectivity index (χ4v) is 5.18. The van der Waals surface area contributed by atoms with Crippen molar-refractivity contribution < 1.29 is 18.0 Å². The Morgan fingerprint density at radius 2 is 1.86 bits per heavy atom. The molecule has 1 atom stereocenters. The molecule has 28 heavy (non-hydrogen) atoms. The highest BCUT2D eigenvalue weighted by molar-refractivity contribution is 7.91. The Morgan fingerprint density at radius 3 is 2.43 bits per heavy atom. The van der Waals surface area contributed by atoms with E-state index < -0.39 is 15.7 Å². The predicted octanol–water partition coefficient (Wildman–Crippen LogP) is -0.383. The van der Waals surface area contributed by atoms with Crippen molar-refractivity contribution in [2.75, 3.05) is 11.5 Å². The zero-order valence-corrected chi connectivity index (χ0v) is 15.9. The van der Waals surface area contributed by atoms with E-state index in [1.165, 1.54) is 4.80 Å².